The summed E-state index contributed by atoms with van der Waals surface area (Å²) in [6, 6.07) is 12.5. The van der Waals surface area contributed by atoms with Gasteiger partial charge in [-0.05, 0) is 32.2 Å². The zero-order valence-electron chi connectivity index (χ0n) is 14.7. The highest BCUT2D eigenvalue weighted by molar-refractivity contribution is 7.98. The van der Waals surface area contributed by atoms with Crippen LogP contribution in [0.15, 0.2) is 46.5 Å². The molecular weight excluding hydrogens is 330 g/mol. The van der Waals surface area contributed by atoms with Gasteiger partial charge in [0.05, 0.1) is 12.2 Å². The van der Waals surface area contributed by atoms with Crippen molar-refractivity contribution in [1.29, 1.82) is 5.26 Å². The van der Waals surface area contributed by atoms with Gasteiger partial charge in [-0.15, -0.1) is 11.8 Å². The van der Waals surface area contributed by atoms with Crippen molar-refractivity contribution in [3.63, 3.8) is 0 Å². The number of nitrogens with zero attached hydrogens (tertiary/aromatic N) is 5. The lowest BCUT2D eigenvalue weighted by Gasteiger charge is -2.36. The molecule has 0 saturated carbocycles. The smallest absolute Gasteiger partial charge is 0.206 e. The topological polar surface area (TPSA) is 55.5 Å². The Labute approximate surface area is 153 Å². The van der Waals surface area contributed by atoms with Crippen LogP contribution in [0.3, 0.4) is 0 Å². The van der Waals surface area contributed by atoms with Crippen LogP contribution in [0.5, 0.6) is 0 Å². The maximum Gasteiger partial charge on any atom is 0.206 e. The van der Waals surface area contributed by atoms with Crippen molar-refractivity contribution in [3.05, 3.63) is 47.7 Å². The summed E-state index contributed by atoms with van der Waals surface area (Å²) in [5.41, 5.74) is 3.40. The first-order chi connectivity index (χ1) is 12.2. The summed E-state index contributed by atoms with van der Waals surface area (Å²) in [5.74, 6) is 0.887. The van der Waals surface area contributed by atoms with Gasteiger partial charge in [-0.1, -0.05) is 18.2 Å². The van der Waals surface area contributed by atoms with Crippen molar-refractivity contribution >= 4 is 29.1 Å². The highest BCUT2D eigenvalue weighted by Crippen LogP contribution is 2.35. The molecule has 25 heavy (non-hydrogen) atoms. The number of anilines is 1. The van der Waals surface area contributed by atoms with E-state index in [1.54, 1.807) is 0 Å². The fraction of sp³-hybridized carbons (Fsp3) is 0.316. The van der Waals surface area contributed by atoms with E-state index in [1.807, 2.05) is 30.7 Å². The van der Waals surface area contributed by atoms with Crippen LogP contribution >= 0.6 is 11.8 Å². The Hall–Kier alpha value is -2.52. The number of thioether (sulfide) groups is 1. The molecule has 0 fully saturated rings. The molecular formula is C19H21N5S. The minimum atomic E-state index is 0.572. The van der Waals surface area contributed by atoms with Gasteiger partial charge in [-0.2, -0.15) is 5.26 Å². The van der Waals surface area contributed by atoms with Crippen LogP contribution in [0.4, 0.5) is 11.4 Å². The average Bonchev–Trinajstić information content (AvgIpc) is 2.68. The van der Waals surface area contributed by atoms with Gasteiger partial charge in [-0.3, -0.25) is 0 Å². The minimum Gasteiger partial charge on any atom is -0.343 e. The molecule has 0 radical (unpaired) electrons. The van der Waals surface area contributed by atoms with Gasteiger partial charge in [0.25, 0.3) is 0 Å². The van der Waals surface area contributed by atoms with Crippen LogP contribution < -0.4 is 4.90 Å². The average molecular weight is 351 g/mol. The molecule has 2 aromatic rings. The number of rotatable bonds is 4. The van der Waals surface area contributed by atoms with E-state index in [0.717, 1.165) is 41.0 Å². The Morgan fingerprint density at radius 3 is 2.56 bits per heavy atom. The largest absolute Gasteiger partial charge is 0.343 e. The summed E-state index contributed by atoms with van der Waals surface area (Å²) in [7, 11) is 0. The second kappa shape index (κ2) is 7.58. The molecule has 0 N–H and O–H groups in total. The zero-order chi connectivity index (χ0) is 17.8. The van der Waals surface area contributed by atoms with E-state index >= 15 is 0 Å². The van der Waals surface area contributed by atoms with Gasteiger partial charge >= 0.3 is 0 Å². The molecule has 6 heteroatoms. The normalized spacial score (nSPS) is 13.0. The molecule has 0 atom stereocenters. The van der Waals surface area contributed by atoms with Crippen LogP contribution in [0.25, 0.3) is 0 Å². The predicted molar refractivity (Wildman–Crippen MR) is 103 cm³/mol. The van der Waals surface area contributed by atoms with Crippen molar-refractivity contribution in [2.24, 2.45) is 4.99 Å². The number of hydrogen-bond donors (Lipinski definition) is 0. The van der Waals surface area contributed by atoms with E-state index in [2.05, 4.69) is 46.8 Å². The first kappa shape index (κ1) is 17.3. The highest BCUT2D eigenvalue weighted by Gasteiger charge is 2.27. The molecule has 0 amide bonds. The molecule has 0 aliphatic carbocycles. The maximum atomic E-state index is 9.63. The second-order valence-corrected chi connectivity index (χ2v) is 6.43. The van der Waals surface area contributed by atoms with Gasteiger partial charge in [0.2, 0.25) is 5.96 Å². The van der Waals surface area contributed by atoms with Crippen molar-refractivity contribution in [2.45, 2.75) is 25.4 Å². The van der Waals surface area contributed by atoms with Gasteiger partial charge in [0.1, 0.15) is 16.7 Å². The predicted octanol–water partition coefficient (Wildman–Crippen LogP) is 4.02. The third-order valence-electron chi connectivity index (χ3n) is 4.29. The Morgan fingerprint density at radius 1 is 1.24 bits per heavy atom. The standard InChI is InChI=1S/C19H21N5S/c1-4-23(5-2)19-22-17-14(12-21-18(25-3)16(17)11-20)13-24(19)15-9-7-6-8-10-15/h6-10,12H,4-5,13H2,1-3H3. The van der Waals surface area contributed by atoms with Crippen LogP contribution in [0.1, 0.15) is 25.0 Å². The van der Waals surface area contributed by atoms with E-state index in [4.69, 9.17) is 4.99 Å². The Bertz CT molecular complexity index is 822. The number of hydrogen-bond acceptors (Lipinski definition) is 6. The van der Waals surface area contributed by atoms with Crippen LogP contribution in [0, 0.1) is 11.3 Å². The van der Waals surface area contributed by atoms with Gasteiger partial charge in [0.15, 0.2) is 0 Å². The number of benzene rings is 1. The van der Waals surface area contributed by atoms with Crippen molar-refractivity contribution in [2.75, 3.05) is 24.2 Å². The summed E-state index contributed by atoms with van der Waals surface area (Å²) in [6.07, 6.45) is 3.78. The van der Waals surface area contributed by atoms with Gasteiger partial charge in [0, 0.05) is 30.5 Å². The number of pyridine rings is 1. The lowest BCUT2D eigenvalue weighted by molar-refractivity contribution is 0.453. The SMILES string of the molecule is CCN(CC)C1=Nc2c(cnc(SC)c2C#N)CN1c1ccccc1. The second-order valence-electron chi connectivity index (χ2n) is 5.63. The quantitative estimate of drug-likeness (QED) is 0.779. The Kier molecular flexibility index (Phi) is 5.25. The minimum absolute atomic E-state index is 0.572. The molecule has 0 bridgehead atoms. The first-order valence-electron chi connectivity index (χ1n) is 8.35. The van der Waals surface area contributed by atoms with Crippen LogP contribution in [-0.2, 0) is 6.54 Å². The molecule has 1 aromatic carbocycles. The number of fused-ring (bicyclic) bond motifs is 1. The van der Waals surface area contributed by atoms with E-state index in [-0.39, 0.29) is 0 Å². The van der Waals surface area contributed by atoms with Gasteiger partial charge < -0.3 is 9.80 Å². The van der Waals surface area contributed by atoms with E-state index in [0.29, 0.717) is 12.1 Å². The fourth-order valence-electron chi connectivity index (χ4n) is 2.99. The Morgan fingerprint density at radius 2 is 1.96 bits per heavy atom. The number of nitriles is 1. The lowest BCUT2D eigenvalue weighted by atomic mass is 10.1. The summed E-state index contributed by atoms with van der Waals surface area (Å²) >= 11 is 1.48. The summed E-state index contributed by atoms with van der Waals surface area (Å²) in [4.78, 5) is 13.8. The molecule has 1 aromatic heterocycles. The molecule has 128 valence electrons. The van der Waals surface area contributed by atoms with E-state index in [1.165, 1.54) is 11.8 Å². The molecule has 0 unspecified atom stereocenters. The first-order valence-corrected chi connectivity index (χ1v) is 9.58. The molecule has 3 rings (SSSR count). The molecule has 5 nitrogen and oxygen atoms in total. The maximum absolute atomic E-state index is 9.63. The lowest BCUT2D eigenvalue weighted by Crippen LogP contribution is -2.45. The van der Waals surface area contributed by atoms with Crippen molar-refractivity contribution in [3.8, 4) is 6.07 Å². The van der Waals surface area contributed by atoms with Crippen LogP contribution in [-0.4, -0.2) is 35.2 Å². The van der Waals surface area contributed by atoms with Crippen molar-refractivity contribution < 1.29 is 0 Å². The van der Waals surface area contributed by atoms with E-state index in [9.17, 15) is 5.26 Å². The fourth-order valence-corrected chi connectivity index (χ4v) is 3.49. The van der Waals surface area contributed by atoms with Crippen molar-refractivity contribution in [1.82, 2.24) is 9.88 Å². The highest BCUT2D eigenvalue weighted by atomic mass is 32.2. The molecule has 0 spiro atoms. The summed E-state index contributed by atoms with van der Waals surface area (Å²) in [6.45, 7) is 6.61. The monoisotopic (exact) mass is 351 g/mol. The summed E-state index contributed by atoms with van der Waals surface area (Å²) in [5, 5.41) is 10.4. The third-order valence-corrected chi connectivity index (χ3v) is 4.99. The number of aromatic nitrogens is 1. The van der Waals surface area contributed by atoms with Crippen LogP contribution in [0.2, 0.25) is 0 Å². The zero-order valence-corrected chi connectivity index (χ0v) is 15.5. The van der Waals surface area contributed by atoms with E-state index < -0.39 is 0 Å². The number of para-hydroxylation sites is 1. The third kappa shape index (κ3) is 3.20. The molecule has 1 aliphatic rings. The molecule has 1 aliphatic heterocycles. The molecule has 0 saturated heterocycles. The summed E-state index contributed by atoms with van der Waals surface area (Å²) < 4.78 is 0. The van der Waals surface area contributed by atoms with Gasteiger partial charge in [-0.25, -0.2) is 9.98 Å². The Balaban J connectivity index is 2.18. The number of guanidine groups is 1. The molecule has 2 heterocycles. The number of aliphatic imine (C=N–C) groups is 1.